The molecule has 0 aliphatic rings. The van der Waals surface area contributed by atoms with E-state index in [1.165, 1.54) is 10.7 Å². The molecule has 2 rings (SSSR count). The summed E-state index contributed by atoms with van der Waals surface area (Å²) in [5, 5.41) is 3.82. The van der Waals surface area contributed by atoms with Crippen LogP contribution in [-0.4, -0.2) is 19.6 Å². The summed E-state index contributed by atoms with van der Waals surface area (Å²) in [4.78, 5) is 16.6. The van der Waals surface area contributed by atoms with Gasteiger partial charge < -0.3 is 5.73 Å². The average Bonchev–Trinajstić information content (AvgIpc) is 2.34. The van der Waals surface area contributed by atoms with Crippen molar-refractivity contribution in [2.75, 3.05) is 5.73 Å². The lowest BCUT2D eigenvalue weighted by Crippen LogP contribution is -2.16. The average molecular weight is 151 g/mol. The Labute approximate surface area is 60.7 Å². The zero-order chi connectivity index (χ0) is 7.84. The molecule has 0 amide bonds. The third-order valence-electron chi connectivity index (χ3n) is 1.31. The molecule has 2 heterocycles. The molecule has 6 nitrogen and oxygen atoms in total. The zero-order valence-electron chi connectivity index (χ0n) is 5.48. The van der Waals surface area contributed by atoms with Gasteiger partial charge in [0.15, 0.2) is 0 Å². The van der Waals surface area contributed by atoms with Crippen LogP contribution in [0.25, 0.3) is 5.65 Å². The van der Waals surface area contributed by atoms with E-state index in [4.69, 9.17) is 5.73 Å². The highest BCUT2D eigenvalue weighted by Gasteiger charge is 1.98. The molecule has 0 fully saturated rings. The van der Waals surface area contributed by atoms with Crippen molar-refractivity contribution in [3.63, 3.8) is 0 Å². The third-order valence-corrected chi connectivity index (χ3v) is 1.31. The van der Waals surface area contributed by atoms with Crippen molar-refractivity contribution in [3.05, 3.63) is 22.7 Å². The first kappa shape index (κ1) is 5.90. The maximum Gasteiger partial charge on any atom is 0.349 e. The summed E-state index contributed by atoms with van der Waals surface area (Å²) in [5.41, 5.74) is 5.45. The normalized spacial score (nSPS) is 10.5. The summed E-state index contributed by atoms with van der Waals surface area (Å²) in [6, 6.07) is 1.64. The number of nitrogens with zero attached hydrogens (tertiary/aromatic N) is 3. The molecule has 2 aromatic heterocycles. The van der Waals surface area contributed by atoms with E-state index in [2.05, 4.69) is 15.1 Å². The van der Waals surface area contributed by atoms with E-state index in [1.54, 1.807) is 6.07 Å². The molecule has 0 aromatic carbocycles. The predicted molar refractivity (Wildman–Crippen MR) is 38.0 cm³/mol. The summed E-state index contributed by atoms with van der Waals surface area (Å²) < 4.78 is 1.35. The summed E-state index contributed by atoms with van der Waals surface area (Å²) in [5.74, 6) is 0.0914. The van der Waals surface area contributed by atoms with Gasteiger partial charge in [-0.05, 0) is 0 Å². The Bertz CT molecular complexity index is 441. The second-order valence-electron chi connectivity index (χ2n) is 2.03. The molecule has 0 spiro atoms. The molecule has 0 atom stereocenters. The van der Waals surface area contributed by atoms with Crippen LogP contribution in [0.4, 0.5) is 5.95 Å². The van der Waals surface area contributed by atoms with Crippen molar-refractivity contribution < 1.29 is 0 Å². The van der Waals surface area contributed by atoms with Gasteiger partial charge in [0.05, 0.1) is 6.20 Å². The van der Waals surface area contributed by atoms with Gasteiger partial charge in [0.25, 0.3) is 0 Å². The van der Waals surface area contributed by atoms with Crippen molar-refractivity contribution in [3.8, 4) is 0 Å². The molecule has 2 aromatic rings. The number of fused-ring (bicyclic) bond motifs is 1. The maximum absolute atomic E-state index is 10.7. The highest BCUT2D eigenvalue weighted by Crippen LogP contribution is 1.96. The molecule has 6 heteroatoms. The number of hydrogen-bond acceptors (Lipinski definition) is 4. The lowest BCUT2D eigenvalue weighted by atomic mass is 10.7. The summed E-state index contributed by atoms with van der Waals surface area (Å²) in [6.07, 6.45) is 1.53. The highest BCUT2D eigenvalue weighted by atomic mass is 16.1. The summed E-state index contributed by atoms with van der Waals surface area (Å²) in [6.45, 7) is 0. The molecule has 0 aliphatic carbocycles. The van der Waals surface area contributed by atoms with Crippen LogP contribution in [0.5, 0.6) is 0 Å². The van der Waals surface area contributed by atoms with Crippen LogP contribution in [0.15, 0.2) is 17.1 Å². The Morgan fingerprint density at radius 3 is 3.27 bits per heavy atom. The Morgan fingerprint density at radius 2 is 2.45 bits per heavy atom. The quantitative estimate of drug-likeness (QED) is 0.505. The number of nitrogens with one attached hydrogen (secondary N) is 1. The standard InChI is InChI=1S/C5H5N5O/c6-4-9-5(11)8-3-1-2-7-10(3)4/h1-2H,(H3,6,8,9,11). The van der Waals surface area contributed by atoms with Gasteiger partial charge >= 0.3 is 5.69 Å². The molecule has 3 N–H and O–H groups in total. The van der Waals surface area contributed by atoms with Gasteiger partial charge in [-0.2, -0.15) is 14.6 Å². The van der Waals surface area contributed by atoms with E-state index in [0.29, 0.717) is 5.65 Å². The second kappa shape index (κ2) is 1.82. The molecule has 11 heavy (non-hydrogen) atoms. The monoisotopic (exact) mass is 151 g/mol. The molecule has 0 saturated heterocycles. The van der Waals surface area contributed by atoms with Crippen molar-refractivity contribution in [2.45, 2.75) is 0 Å². The third kappa shape index (κ3) is 0.759. The fourth-order valence-electron chi connectivity index (χ4n) is 0.869. The van der Waals surface area contributed by atoms with E-state index in [1.807, 2.05) is 0 Å². The fourth-order valence-corrected chi connectivity index (χ4v) is 0.869. The molecular weight excluding hydrogens is 146 g/mol. The van der Waals surface area contributed by atoms with Crippen LogP contribution in [-0.2, 0) is 0 Å². The van der Waals surface area contributed by atoms with E-state index < -0.39 is 5.69 Å². The highest BCUT2D eigenvalue weighted by molar-refractivity contribution is 5.39. The van der Waals surface area contributed by atoms with Gasteiger partial charge in [-0.15, -0.1) is 0 Å². The lowest BCUT2D eigenvalue weighted by Gasteiger charge is -1.93. The predicted octanol–water partition coefficient (Wildman–Crippen LogP) is -1.00. The van der Waals surface area contributed by atoms with Crippen LogP contribution in [0.2, 0.25) is 0 Å². The molecule has 0 saturated carbocycles. The molecule has 56 valence electrons. The number of nitrogen functional groups attached to an aromatic ring is 1. The van der Waals surface area contributed by atoms with Crippen LogP contribution in [0.3, 0.4) is 0 Å². The van der Waals surface area contributed by atoms with Crippen molar-refractivity contribution >= 4 is 11.6 Å². The maximum atomic E-state index is 10.7. The fraction of sp³-hybridized carbons (Fsp3) is 0. The minimum Gasteiger partial charge on any atom is -0.368 e. The Hall–Kier alpha value is -1.85. The molecule has 0 aliphatic heterocycles. The van der Waals surface area contributed by atoms with Crippen LogP contribution in [0.1, 0.15) is 0 Å². The number of H-pyrrole nitrogens is 1. The Morgan fingerprint density at radius 1 is 1.64 bits per heavy atom. The minimum atomic E-state index is -0.463. The first-order valence-corrected chi connectivity index (χ1v) is 2.97. The first-order valence-electron chi connectivity index (χ1n) is 2.97. The van der Waals surface area contributed by atoms with E-state index in [-0.39, 0.29) is 5.95 Å². The van der Waals surface area contributed by atoms with Crippen molar-refractivity contribution in [1.29, 1.82) is 0 Å². The molecule has 0 unspecified atom stereocenters. The Balaban J connectivity index is 3.02. The minimum absolute atomic E-state index is 0.0914. The number of aromatic amines is 1. The van der Waals surface area contributed by atoms with Gasteiger partial charge in [0.1, 0.15) is 5.65 Å². The summed E-state index contributed by atoms with van der Waals surface area (Å²) in [7, 11) is 0. The number of aromatic nitrogens is 4. The largest absolute Gasteiger partial charge is 0.368 e. The zero-order valence-corrected chi connectivity index (χ0v) is 5.48. The second-order valence-corrected chi connectivity index (χ2v) is 2.03. The van der Waals surface area contributed by atoms with E-state index >= 15 is 0 Å². The smallest absolute Gasteiger partial charge is 0.349 e. The van der Waals surface area contributed by atoms with Crippen LogP contribution in [0, 0.1) is 0 Å². The Kier molecular flexibility index (Phi) is 0.974. The number of nitrogens with two attached hydrogens (primary N) is 1. The number of rotatable bonds is 0. The van der Waals surface area contributed by atoms with Gasteiger partial charge in [-0.1, -0.05) is 0 Å². The first-order chi connectivity index (χ1) is 5.27. The van der Waals surface area contributed by atoms with Crippen LogP contribution < -0.4 is 11.4 Å². The number of anilines is 1. The lowest BCUT2D eigenvalue weighted by molar-refractivity contribution is 0.889. The van der Waals surface area contributed by atoms with Gasteiger partial charge in [0.2, 0.25) is 5.95 Å². The van der Waals surface area contributed by atoms with Crippen molar-refractivity contribution in [2.24, 2.45) is 0 Å². The van der Waals surface area contributed by atoms with Gasteiger partial charge in [0, 0.05) is 6.07 Å². The molecule has 0 radical (unpaired) electrons. The van der Waals surface area contributed by atoms with Crippen molar-refractivity contribution in [1.82, 2.24) is 19.6 Å². The molecule has 0 bridgehead atoms. The SMILES string of the molecule is Nc1nc(=O)[nH]c2ccnn12. The molecular formula is C5H5N5O. The number of hydrogen-bond donors (Lipinski definition) is 2. The van der Waals surface area contributed by atoms with E-state index in [9.17, 15) is 4.79 Å². The van der Waals surface area contributed by atoms with Gasteiger partial charge in [-0.25, -0.2) is 4.79 Å². The van der Waals surface area contributed by atoms with E-state index in [0.717, 1.165) is 0 Å². The topological polar surface area (TPSA) is 89.1 Å². The summed E-state index contributed by atoms with van der Waals surface area (Å²) >= 11 is 0. The van der Waals surface area contributed by atoms with Crippen LogP contribution >= 0.6 is 0 Å². The van der Waals surface area contributed by atoms with Gasteiger partial charge in [-0.3, -0.25) is 4.98 Å².